The number of nitrogens with zero attached hydrogens (tertiary/aromatic N) is 3. The van der Waals surface area contributed by atoms with Crippen molar-refractivity contribution in [2.45, 2.75) is 64.5 Å². The first-order valence-electron chi connectivity index (χ1n) is 15.5. The Hall–Kier alpha value is -4.67. The Morgan fingerprint density at radius 1 is 1.24 bits per heavy atom. The third-order valence-electron chi connectivity index (χ3n) is 9.71. The number of halogens is 1. The number of aromatic nitrogens is 2. The van der Waals surface area contributed by atoms with E-state index in [1.807, 2.05) is 30.3 Å². The van der Waals surface area contributed by atoms with Crippen molar-refractivity contribution in [3.8, 4) is 11.4 Å². The highest BCUT2D eigenvalue weighted by atomic mass is 19.1. The fourth-order valence-electron chi connectivity index (χ4n) is 7.30. The smallest absolute Gasteiger partial charge is 0.343 e. The molecule has 0 saturated carbocycles. The molecule has 7 rings (SSSR count). The second-order valence-electron chi connectivity index (χ2n) is 12.2. The molecule has 0 saturated heterocycles. The van der Waals surface area contributed by atoms with Gasteiger partial charge in [-0.15, -0.1) is 6.58 Å². The number of hydrogen-bond donors (Lipinski definition) is 1. The largest absolute Gasteiger partial charge is 0.458 e. The van der Waals surface area contributed by atoms with Gasteiger partial charge in [-0.3, -0.25) is 9.59 Å². The van der Waals surface area contributed by atoms with Crippen LogP contribution >= 0.6 is 0 Å². The lowest BCUT2D eigenvalue weighted by Crippen LogP contribution is -2.44. The highest BCUT2D eigenvalue weighted by molar-refractivity contribution is 5.94. The highest BCUT2D eigenvalue weighted by Gasteiger charge is 2.46. The van der Waals surface area contributed by atoms with E-state index < -0.39 is 17.6 Å². The number of aryl methyl sites for hydroxylation is 1. The summed E-state index contributed by atoms with van der Waals surface area (Å²) < 4.78 is 27.9. The van der Waals surface area contributed by atoms with E-state index in [-0.39, 0.29) is 67.7 Å². The van der Waals surface area contributed by atoms with Crippen LogP contribution in [0.5, 0.6) is 0 Å². The maximum absolute atomic E-state index is 15.3. The van der Waals surface area contributed by atoms with Gasteiger partial charge in [0.2, 0.25) is 5.91 Å². The van der Waals surface area contributed by atoms with Crippen LogP contribution in [0.4, 0.5) is 4.39 Å². The summed E-state index contributed by atoms with van der Waals surface area (Å²) in [6.07, 6.45) is 2.76. The topological polar surface area (TPSA) is 111 Å². The summed E-state index contributed by atoms with van der Waals surface area (Å²) in [4.78, 5) is 47.0. The highest BCUT2D eigenvalue weighted by Crippen LogP contribution is 2.47. The summed E-state index contributed by atoms with van der Waals surface area (Å²) in [6, 6.07) is 12.2. The molecule has 10 heteroatoms. The summed E-state index contributed by atoms with van der Waals surface area (Å²) in [5.41, 5.74) is 3.29. The number of fused-ring (bicyclic) bond motifs is 5. The van der Waals surface area contributed by atoms with Gasteiger partial charge in [-0.1, -0.05) is 43.3 Å². The molecule has 0 unspecified atom stereocenters. The number of benzene rings is 2. The predicted octanol–water partition coefficient (Wildman–Crippen LogP) is 4.75. The van der Waals surface area contributed by atoms with Gasteiger partial charge in [0, 0.05) is 29.1 Å². The van der Waals surface area contributed by atoms with E-state index in [9.17, 15) is 19.5 Å². The normalized spacial score (nSPS) is 19.3. The van der Waals surface area contributed by atoms with Gasteiger partial charge in [0.05, 0.1) is 41.7 Å². The van der Waals surface area contributed by atoms with Gasteiger partial charge >= 0.3 is 5.97 Å². The van der Waals surface area contributed by atoms with Crippen LogP contribution in [-0.2, 0) is 50.8 Å². The zero-order valence-corrected chi connectivity index (χ0v) is 25.8. The molecule has 1 aliphatic carbocycles. The third-order valence-corrected chi connectivity index (χ3v) is 9.71. The maximum Gasteiger partial charge on any atom is 0.343 e. The average Bonchev–Trinajstić information content (AvgIpc) is 3.43. The van der Waals surface area contributed by atoms with Crippen LogP contribution in [0.25, 0.3) is 22.3 Å². The van der Waals surface area contributed by atoms with Crippen LogP contribution in [0.1, 0.15) is 64.8 Å². The molecule has 2 aromatic carbocycles. The predicted molar refractivity (Wildman–Crippen MR) is 168 cm³/mol. The molecule has 9 nitrogen and oxygen atoms in total. The summed E-state index contributed by atoms with van der Waals surface area (Å²) in [5, 5.41) is 12.1. The van der Waals surface area contributed by atoms with Crippen LogP contribution in [0, 0.1) is 12.7 Å². The standard InChI is InChI=1S/C36H34FN3O6/c1-4-13-39(30(41)19-45-17-21-9-7-6-8-10-21)28-12-11-22-20(3)26(37)15-27-31(22)32(28)23-16-40-29(33(23)38-27)14-25-24(34(40)42)18-46-35(43)36(25,44)5-2/h4,6-10,14-15,28,44H,1,5,11-13,16-19H2,2-3H3/t28-,36-/m0/s1. The van der Waals surface area contributed by atoms with Crippen molar-refractivity contribution in [1.82, 2.24) is 14.5 Å². The fourth-order valence-corrected chi connectivity index (χ4v) is 7.30. The minimum absolute atomic E-state index is 0.0197. The molecule has 0 radical (unpaired) electrons. The lowest BCUT2D eigenvalue weighted by Gasteiger charge is -2.37. The van der Waals surface area contributed by atoms with Crippen molar-refractivity contribution >= 4 is 22.8 Å². The molecule has 1 amide bonds. The summed E-state index contributed by atoms with van der Waals surface area (Å²) in [7, 11) is 0. The zero-order valence-electron chi connectivity index (χ0n) is 25.8. The van der Waals surface area contributed by atoms with Gasteiger partial charge in [-0.2, -0.15) is 0 Å². The first-order chi connectivity index (χ1) is 22.2. The van der Waals surface area contributed by atoms with E-state index >= 15 is 4.39 Å². The molecule has 2 aromatic heterocycles. The van der Waals surface area contributed by atoms with E-state index in [0.29, 0.717) is 35.3 Å². The number of rotatable bonds is 8. The van der Waals surface area contributed by atoms with Crippen LogP contribution in [0.2, 0.25) is 0 Å². The number of cyclic esters (lactones) is 1. The van der Waals surface area contributed by atoms with Crippen molar-refractivity contribution in [2.24, 2.45) is 0 Å². The summed E-state index contributed by atoms with van der Waals surface area (Å²) >= 11 is 0. The number of pyridine rings is 2. The fraction of sp³-hybridized carbons (Fsp3) is 0.333. The summed E-state index contributed by atoms with van der Waals surface area (Å²) in [6.45, 7) is 7.64. The van der Waals surface area contributed by atoms with Gasteiger partial charge in [-0.05, 0) is 54.5 Å². The van der Waals surface area contributed by atoms with Gasteiger partial charge in [0.15, 0.2) is 5.60 Å². The first-order valence-corrected chi connectivity index (χ1v) is 15.5. The SMILES string of the molecule is C=CCN(C(=O)COCc1ccccc1)[C@H]1CCc2c(C)c(F)cc3nc4c(c1c23)Cn1c-4cc2c(c1=O)COC(=O)[C@]2(O)CC. The average molecular weight is 624 g/mol. The van der Waals surface area contributed by atoms with E-state index in [1.165, 1.54) is 6.07 Å². The molecule has 2 atom stereocenters. The summed E-state index contributed by atoms with van der Waals surface area (Å²) in [5.74, 6) is -1.40. The Morgan fingerprint density at radius 3 is 2.76 bits per heavy atom. The van der Waals surface area contributed by atoms with Crippen LogP contribution in [0.15, 0.2) is 59.9 Å². The Morgan fingerprint density at radius 2 is 2.02 bits per heavy atom. The molecule has 0 bridgehead atoms. The molecule has 0 spiro atoms. The van der Waals surface area contributed by atoms with E-state index in [2.05, 4.69) is 6.58 Å². The number of carbonyl (C=O) groups excluding carboxylic acids is 2. The van der Waals surface area contributed by atoms with Crippen molar-refractivity contribution in [3.63, 3.8) is 0 Å². The van der Waals surface area contributed by atoms with Gasteiger partial charge in [-0.25, -0.2) is 14.2 Å². The number of carbonyl (C=O) groups is 2. The quantitative estimate of drug-likeness (QED) is 0.196. The van der Waals surface area contributed by atoms with Crippen molar-refractivity contribution in [2.75, 3.05) is 13.2 Å². The van der Waals surface area contributed by atoms with Crippen LogP contribution in [0.3, 0.4) is 0 Å². The minimum Gasteiger partial charge on any atom is -0.458 e. The van der Waals surface area contributed by atoms with Gasteiger partial charge in [0.1, 0.15) is 19.0 Å². The van der Waals surface area contributed by atoms with Gasteiger partial charge < -0.3 is 24.0 Å². The molecule has 2 aliphatic heterocycles. The molecular weight excluding hydrogens is 589 g/mol. The van der Waals surface area contributed by atoms with E-state index in [0.717, 1.165) is 27.6 Å². The Balaban J connectivity index is 1.37. The number of esters is 1. The second-order valence-corrected chi connectivity index (χ2v) is 12.2. The number of aliphatic hydroxyl groups is 1. The van der Waals surface area contributed by atoms with Crippen molar-refractivity contribution in [1.29, 1.82) is 0 Å². The van der Waals surface area contributed by atoms with Gasteiger partial charge in [0.25, 0.3) is 5.56 Å². The van der Waals surface area contributed by atoms with Crippen molar-refractivity contribution in [3.05, 3.63) is 110 Å². The molecule has 1 N–H and O–H groups in total. The minimum atomic E-state index is -1.97. The number of ether oxygens (including phenoxy) is 2. The second kappa shape index (κ2) is 11.3. The first kappa shape index (κ1) is 30.0. The lowest BCUT2D eigenvalue weighted by molar-refractivity contribution is -0.172. The van der Waals surface area contributed by atoms with E-state index in [1.54, 1.807) is 35.5 Å². The van der Waals surface area contributed by atoms with E-state index in [4.69, 9.17) is 14.5 Å². The molecule has 46 heavy (non-hydrogen) atoms. The van der Waals surface area contributed by atoms with Crippen LogP contribution < -0.4 is 5.56 Å². The Kier molecular flexibility index (Phi) is 7.37. The molecule has 3 aliphatic rings. The molecule has 236 valence electrons. The number of amides is 1. The number of hydrogen-bond acceptors (Lipinski definition) is 7. The Bertz CT molecular complexity index is 2010. The van der Waals surface area contributed by atoms with Crippen molar-refractivity contribution < 1.29 is 28.6 Å². The molecular formula is C36H34FN3O6. The molecule has 4 aromatic rings. The maximum atomic E-state index is 15.3. The monoisotopic (exact) mass is 623 g/mol. The molecule has 0 fully saturated rings. The van der Waals surface area contributed by atoms with Crippen LogP contribution in [-0.4, -0.2) is 44.6 Å². The Labute approximate surface area is 264 Å². The zero-order chi connectivity index (χ0) is 32.3. The molecule has 4 heterocycles. The third kappa shape index (κ3) is 4.50. The lowest BCUT2D eigenvalue weighted by atomic mass is 9.81.